The van der Waals surface area contributed by atoms with E-state index in [-0.39, 0.29) is 12.8 Å². The van der Waals surface area contributed by atoms with Crippen LogP contribution in [0.2, 0.25) is 13.1 Å². The van der Waals surface area contributed by atoms with E-state index in [1.807, 2.05) is 19.0 Å². The van der Waals surface area contributed by atoms with Gasteiger partial charge in [-0.05, 0) is 45.6 Å². The molecule has 3 atom stereocenters. The number of rotatable bonds is 6. The van der Waals surface area contributed by atoms with Gasteiger partial charge in [0.15, 0.2) is 0 Å². The fourth-order valence-corrected chi connectivity index (χ4v) is 3.12. The van der Waals surface area contributed by atoms with Crippen molar-refractivity contribution in [3.63, 3.8) is 0 Å². The largest absolute Gasteiger partial charge is 0.480 e. The summed E-state index contributed by atoms with van der Waals surface area (Å²) >= 11 is 0. The molecule has 0 spiro atoms. The number of carboxylic acid groups (broad SMARTS) is 1. The maximum atomic E-state index is 11.6. The minimum absolute atomic E-state index is 0.00259. The number of carbonyl (C=O) groups is 1. The molecular formula is C13H27BN2O3. The van der Waals surface area contributed by atoms with Gasteiger partial charge in [-0.25, -0.2) is 0 Å². The van der Waals surface area contributed by atoms with Gasteiger partial charge in [0.2, 0.25) is 0 Å². The monoisotopic (exact) mass is 270 g/mol. The van der Waals surface area contributed by atoms with Gasteiger partial charge in [0, 0.05) is 12.5 Å². The molecular weight excluding hydrogens is 243 g/mol. The van der Waals surface area contributed by atoms with Gasteiger partial charge < -0.3 is 20.8 Å². The van der Waals surface area contributed by atoms with Gasteiger partial charge in [-0.15, -0.1) is 0 Å². The van der Waals surface area contributed by atoms with E-state index in [9.17, 15) is 14.9 Å². The van der Waals surface area contributed by atoms with Gasteiger partial charge in [-0.1, -0.05) is 13.2 Å². The van der Waals surface area contributed by atoms with E-state index < -0.39 is 11.5 Å². The standard InChI is InChI=1S/C13H27BN2O3/c1-14(19)7-6-10-4-5-11(9-16(2)3)13(15,8-10)12(17)18/h10-11,19H,4-9,15H2,1-3H3,(H,17,18)/t10-,11?,13+/m0/s1. The topological polar surface area (TPSA) is 86.8 Å². The highest BCUT2D eigenvalue weighted by molar-refractivity contribution is 6.48. The zero-order chi connectivity index (χ0) is 14.6. The van der Waals surface area contributed by atoms with Crippen LogP contribution in [0.3, 0.4) is 0 Å². The van der Waals surface area contributed by atoms with E-state index >= 15 is 0 Å². The normalized spacial score (nSPS) is 31.5. The smallest absolute Gasteiger partial charge is 0.324 e. The molecule has 0 aromatic rings. The summed E-state index contributed by atoms with van der Waals surface area (Å²) in [5.41, 5.74) is 5.08. The highest BCUT2D eigenvalue weighted by Gasteiger charge is 2.46. The van der Waals surface area contributed by atoms with Gasteiger partial charge in [-0.3, -0.25) is 4.79 Å². The summed E-state index contributed by atoms with van der Waals surface area (Å²) in [6.45, 7) is 2.16. The minimum atomic E-state index is -1.12. The summed E-state index contributed by atoms with van der Waals surface area (Å²) in [6.07, 6.45) is 3.97. The Morgan fingerprint density at radius 2 is 2.11 bits per heavy atom. The van der Waals surface area contributed by atoms with E-state index in [2.05, 4.69) is 0 Å². The van der Waals surface area contributed by atoms with Crippen LogP contribution in [0.15, 0.2) is 0 Å². The molecule has 0 aliphatic heterocycles. The number of aliphatic carboxylic acids is 1. The Balaban J connectivity index is 2.69. The molecule has 0 aromatic carbocycles. The van der Waals surface area contributed by atoms with Crippen LogP contribution in [0.4, 0.5) is 0 Å². The van der Waals surface area contributed by atoms with Crippen molar-refractivity contribution in [3.8, 4) is 0 Å². The van der Waals surface area contributed by atoms with Crippen LogP contribution < -0.4 is 5.73 Å². The number of hydrogen-bond acceptors (Lipinski definition) is 4. The lowest BCUT2D eigenvalue weighted by Gasteiger charge is -2.42. The molecule has 0 radical (unpaired) electrons. The molecule has 6 heteroatoms. The van der Waals surface area contributed by atoms with Crippen molar-refractivity contribution < 1.29 is 14.9 Å². The highest BCUT2D eigenvalue weighted by Crippen LogP contribution is 2.38. The minimum Gasteiger partial charge on any atom is -0.480 e. The third-order valence-corrected chi connectivity index (χ3v) is 4.25. The average Bonchev–Trinajstić information content (AvgIpc) is 2.29. The van der Waals surface area contributed by atoms with Gasteiger partial charge in [0.1, 0.15) is 5.54 Å². The zero-order valence-electron chi connectivity index (χ0n) is 12.3. The molecule has 0 heterocycles. The van der Waals surface area contributed by atoms with Crippen molar-refractivity contribution in [2.45, 2.75) is 44.4 Å². The number of carboxylic acids is 1. The predicted octanol–water partition coefficient (Wildman–Crippen LogP) is 0.750. The Labute approximate surface area is 116 Å². The summed E-state index contributed by atoms with van der Waals surface area (Å²) in [6, 6.07) is 0. The van der Waals surface area contributed by atoms with Gasteiger partial charge in [0.25, 0.3) is 6.92 Å². The van der Waals surface area contributed by atoms with Crippen LogP contribution in [0, 0.1) is 11.8 Å². The van der Waals surface area contributed by atoms with Crippen molar-refractivity contribution in [2.24, 2.45) is 17.6 Å². The first-order valence-corrected chi connectivity index (χ1v) is 7.10. The SMILES string of the molecule is CB(O)CC[C@@H]1CCC(CN(C)C)[C@@](N)(C(=O)O)C1. The first kappa shape index (κ1) is 16.5. The number of hydrogen-bond donors (Lipinski definition) is 3. The molecule has 4 N–H and O–H groups in total. The molecule has 0 aromatic heterocycles. The second-order valence-electron chi connectivity index (χ2n) is 6.38. The maximum absolute atomic E-state index is 11.6. The van der Waals surface area contributed by atoms with Crippen LogP contribution in [0.25, 0.3) is 0 Å². The van der Waals surface area contributed by atoms with Crippen molar-refractivity contribution in [1.29, 1.82) is 0 Å². The number of nitrogens with two attached hydrogens (primary N) is 1. The average molecular weight is 270 g/mol. The molecule has 19 heavy (non-hydrogen) atoms. The van der Waals surface area contributed by atoms with Crippen molar-refractivity contribution in [1.82, 2.24) is 4.90 Å². The third-order valence-electron chi connectivity index (χ3n) is 4.25. The second kappa shape index (κ2) is 6.73. The summed E-state index contributed by atoms with van der Waals surface area (Å²) < 4.78 is 0. The van der Waals surface area contributed by atoms with Crippen LogP contribution in [-0.2, 0) is 4.79 Å². The fraction of sp³-hybridized carbons (Fsp3) is 0.923. The molecule has 5 nitrogen and oxygen atoms in total. The molecule has 110 valence electrons. The zero-order valence-corrected chi connectivity index (χ0v) is 12.3. The Bertz CT molecular complexity index is 312. The van der Waals surface area contributed by atoms with E-state index in [1.54, 1.807) is 6.82 Å². The van der Waals surface area contributed by atoms with Gasteiger partial charge in [-0.2, -0.15) is 0 Å². The molecule has 0 amide bonds. The van der Waals surface area contributed by atoms with Crippen molar-refractivity contribution in [3.05, 3.63) is 0 Å². The molecule has 1 fully saturated rings. The molecule has 1 rings (SSSR count). The lowest BCUT2D eigenvalue weighted by atomic mass is 9.62. The van der Waals surface area contributed by atoms with Crippen LogP contribution in [0.1, 0.15) is 25.7 Å². The first-order chi connectivity index (χ1) is 8.75. The van der Waals surface area contributed by atoms with Gasteiger partial charge >= 0.3 is 5.97 Å². The lowest BCUT2D eigenvalue weighted by molar-refractivity contribution is -0.148. The molecule has 0 saturated heterocycles. The van der Waals surface area contributed by atoms with Crippen LogP contribution >= 0.6 is 0 Å². The highest BCUT2D eigenvalue weighted by atomic mass is 16.4. The lowest BCUT2D eigenvalue weighted by Crippen LogP contribution is -2.59. The molecule has 0 bridgehead atoms. The Morgan fingerprint density at radius 3 is 2.58 bits per heavy atom. The molecule has 1 aliphatic carbocycles. The Kier molecular flexibility index (Phi) is 5.83. The Hall–Kier alpha value is -0.585. The predicted molar refractivity (Wildman–Crippen MR) is 77.2 cm³/mol. The van der Waals surface area contributed by atoms with Gasteiger partial charge in [0.05, 0.1) is 0 Å². The summed E-state index contributed by atoms with van der Waals surface area (Å²) in [5, 5.41) is 18.8. The fourth-order valence-electron chi connectivity index (χ4n) is 3.12. The molecule has 1 saturated carbocycles. The Morgan fingerprint density at radius 1 is 1.47 bits per heavy atom. The quantitative estimate of drug-likeness (QED) is 0.620. The van der Waals surface area contributed by atoms with E-state index in [0.717, 1.165) is 25.6 Å². The van der Waals surface area contributed by atoms with E-state index in [4.69, 9.17) is 5.73 Å². The maximum Gasteiger partial charge on any atom is 0.324 e. The summed E-state index contributed by atoms with van der Waals surface area (Å²) in [5.74, 6) is -0.571. The second-order valence-corrected chi connectivity index (χ2v) is 6.38. The first-order valence-electron chi connectivity index (χ1n) is 7.10. The van der Waals surface area contributed by atoms with Crippen LogP contribution in [-0.4, -0.2) is 54.1 Å². The molecule has 1 aliphatic rings. The van der Waals surface area contributed by atoms with Crippen molar-refractivity contribution in [2.75, 3.05) is 20.6 Å². The van der Waals surface area contributed by atoms with E-state index in [1.165, 1.54) is 0 Å². The summed E-state index contributed by atoms with van der Waals surface area (Å²) in [7, 11) is 3.89. The summed E-state index contributed by atoms with van der Waals surface area (Å²) in [4.78, 5) is 13.6. The van der Waals surface area contributed by atoms with Crippen LogP contribution in [0.5, 0.6) is 0 Å². The third kappa shape index (κ3) is 4.47. The number of nitrogens with zero attached hydrogens (tertiary/aromatic N) is 1. The van der Waals surface area contributed by atoms with E-state index in [0.29, 0.717) is 18.9 Å². The molecule has 1 unspecified atom stereocenters. The van der Waals surface area contributed by atoms with Crippen molar-refractivity contribution >= 4 is 12.9 Å².